The quantitative estimate of drug-likeness (QED) is 0.693. The number of halogens is 1. The fourth-order valence-corrected chi connectivity index (χ4v) is 3.12. The van der Waals surface area contributed by atoms with Gasteiger partial charge in [0.1, 0.15) is 15.8 Å². The van der Waals surface area contributed by atoms with E-state index in [0.29, 0.717) is 11.7 Å². The maximum absolute atomic E-state index is 6.18. The van der Waals surface area contributed by atoms with Crippen LogP contribution in [0, 0.1) is 0 Å². The Morgan fingerprint density at radius 1 is 1.15 bits per heavy atom. The highest BCUT2D eigenvalue weighted by Crippen LogP contribution is 2.25. The summed E-state index contributed by atoms with van der Waals surface area (Å²) >= 11 is 7.76. The highest BCUT2D eigenvalue weighted by Gasteiger charge is 2.09. The van der Waals surface area contributed by atoms with Gasteiger partial charge in [0.15, 0.2) is 0 Å². The zero-order valence-electron chi connectivity index (χ0n) is 11.0. The number of pyridine rings is 1. The molecule has 0 saturated heterocycles. The van der Waals surface area contributed by atoms with Crippen molar-refractivity contribution in [2.45, 2.75) is 13.1 Å². The molecule has 4 nitrogen and oxygen atoms in total. The van der Waals surface area contributed by atoms with Gasteiger partial charge in [0.25, 0.3) is 0 Å². The number of hydrogen-bond acceptors (Lipinski definition) is 5. The molecule has 3 rings (SSSR count). The SMILES string of the molecule is CN(Cc1ccncc1)Cc1nc(Cl)c2ccsc2n1. The van der Waals surface area contributed by atoms with E-state index in [1.54, 1.807) is 23.7 Å². The molecule has 0 atom stereocenters. The summed E-state index contributed by atoms with van der Waals surface area (Å²) in [6.07, 6.45) is 3.60. The largest absolute Gasteiger partial charge is 0.295 e. The lowest BCUT2D eigenvalue weighted by atomic mass is 10.2. The van der Waals surface area contributed by atoms with Gasteiger partial charge >= 0.3 is 0 Å². The van der Waals surface area contributed by atoms with Crippen molar-refractivity contribution in [2.75, 3.05) is 7.05 Å². The molecule has 0 unspecified atom stereocenters. The summed E-state index contributed by atoms with van der Waals surface area (Å²) < 4.78 is 0. The van der Waals surface area contributed by atoms with Crippen molar-refractivity contribution in [1.82, 2.24) is 19.9 Å². The highest BCUT2D eigenvalue weighted by atomic mass is 35.5. The zero-order valence-corrected chi connectivity index (χ0v) is 12.5. The van der Waals surface area contributed by atoms with E-state index >= 15 is 0 Å². The van der Waals surface area contributed by atoms with Crippen molar-refractivity contribution in [3.05, 3.63) is 52.5 Å². The minimum atomic E-state index is 0.531. The maximum Gasteiger partial charge on any atom is 0.145 e. The summed E-state index contributed by atoms with van der Waals surface area (Å²) in [5, 5.41) is 3.44. The Hall–Kier alpha value is -1.56. The predicted octanol–water partition coefficient (Wildman–Crippen LogP) is 3.37. The molecule has 0 radical (unpaired) electrons. The van der Waals surface area contributed by atoms with Crippen LogP contribution in [0.2, 0.25) is 5.15 Å². The normalized spacial score (nSPS) is 11.3. The first-order valence-corrected chi connectivity index (χ1v) is 7.45. The van der Waals surface area contributed by atoms with E-state index in [2.05, 4.69) is 19.9 Å². The molecule has 0 aromatic carbocycles. The molecule has 0 spiro atoms. The predicted molar refractivity (Wildman–Crippen MR) is 81.8 cm³/mol. The third-order valence-corrected chi connectivity index (χ3v) is 4.03. The van der Waals surface area contributed by atoms with Crippen molar-refractivity contribution in [1.29, 1.82) is 0 Å². The second kappa shape index (κ2) is 5.83. The third kappa shape index (κ3) is 2.95. The Labute approximate surface area is 126 Å². The van der Waals surface area contributed by atoms with Crippen LogP contribution in [0.25, 0.3) is 10.2 Å². The van der Waals surface area contributed by atoms with Crippen LogP contribution < -0.4 is 0 Å². The van der Waals surface area contributed by atoms with Crippen molar-refractivity contribution >= 4 is 33.2 Å². The van der Waals surface area contributed by atoms with Crippen LogP contribution in [0.15, 0.2) is 36.0 Å². The van der Waals surface area contributed by atoms with Crippen LogP contribution in [-0.2, 0) is 13.1 Å². The molecule has 0 N–H and O–H groups in total. The van der Waals surface area contributed by atoms with Gasteiger partial charge in [-0.05, 0) is 36.2 Å². The second-order valence-corrected chi connectivity index (χ2v) is 5.85. The first-order chi connectivity index (χ1) is 9.72. The van der Waals surface area contributed by atoms with E-state index in [0.717, 1.165) is 22.6 Å². The summed E-state index contributed by atoms with van der Waals surface area (Å²) in [6.45, 7) is 1.49. The van der Waals surface area contributed by atoms with E-state index in [1.807, 2.05) is 30.6 Å². The molecule has 3 aromatic heterocycles. The van der Waals surface area contributed by atoms with Crippen molar-refractivity contribution in [2.24, 2.45) is 0 Å². The van der Waals surface area contributed by atoms with Gasteiger partial charge in [-0.3, -0.25) is 9.88 Å². The highest BCUT2D eigenvalue weighted by molar-refractivity contribution is 7.16. The number of hydrogen-bond donors (Lipinski definition) is 0. The van der Waals surface area contributed by atoms with E-state index in [-0.39, 0.29) is 0 Å². The molecule has 0 aliphatic carbocycles. The molecular formula is C14H13ClN4S. The number of fused-ring (bicyclic) bond motifs is 1. The van der Waals surface area contributed by atoms with Gasteiger partial charge < -0.3 is 0 Å². The molecule has 102 valence electrons. The van der Waals surface area contributed by atoms with Crippen LogP contribution in [-0.4, -0.2) is 26.9 Å². The van der Waals surface area contributed by atoms with Gasteiger partial charge in [-0.2, -0.15) is 0 Å². The first kappa shape index (κ1) is 13.4. The molecule has 3 aromatic rings. The number of aromatic nitrogens is 3. The smallest absolute Gasteiger partial charge is 0.145 e. The van der Waals surface area contributed by atoms with Gasteiger partial charge in [-0.25, -0.2) is 9.97 Å². The van der Waals surface area contributed by atoms with Gasteiger partial charge in [0.05, 0.1) is 6.54 Å². The zero-order chi connectivity index (χ0) is 13.9. The standard InChI is InChI=1S/C14H13ClN4S/c1-19(8-10-2-5-16-6-3-10)9-12-17-13(15)11-4-7-20-14(11)18-12/h2-7H,8-9H2,1H3. The number of thiophene rings is 1. The summed E-state index contributed by atoms with van der Waals surface area (Å²) in [4.78, 5) is 16.0. The third-order valence-electron chi connectivity index (χ3n) is 2.94. The summed E-state index contributed by atoms with van der Waals surface area (Å²) in [6, 6.07) is 5.96. The topological polar surface area (TPSA) is 41.9 Å². The molecule has 0 amide bonds. The average molecular weight is 305 g/mol. The van der Waals surface area contributed by atoms with Gasteiger partial charge in [0.2, 0.25) is 0 Å². The Morgan fingerprint density at radius 3 is 2.75 bits per heavy atom. The Morgan fingerprint density at radius 2 is 1.95 bits per heavy atom. The summed E-state index contributed by atoms with van der Waals surface area (Å²) in [5.74, 6) is 0.751. The second-order valence-electron chi connectivity index (χ2n) is 4.60. The Kier molecular flexibility index (Phi) is 3.91. The molecule has 6 heteroatoms. The van der Waals surface area contributed by atoms with Gasteiger partial charge in [-0.15, -0.1) is 11.3 Å². The maximum atomic E-state index is 6.18. The van der Waals surface area contributed by atoms with Gasteiger partial charge in [-0.1, -0.05) is 11.6 Å². The summed E-state index contributed by atoms with van der Waals surface area (Å²) in [5.41, 5.74) is 1.21. The Bertz CT molecular complexity index is 714. The van der Waals surface area contributed by atoms with Crippen molar-refractivity contribution in [3.8, 4) is 0 Å². The molecule has 0 aliphatic heterocycles. The average Bonchev–Trinajstić information content (AvgIpc) is 2.88. The van der Waals surface area contributed by atoms with Crippen LogP contribution in [0.5, 0.6) is 0 Å². The van der Waals surface area contributed by atoms with Crippen LogP contribution in [0.4, 0.5) is 0 Å². The fraction of sp³-hybridized carbons (Fsp3) is 0.214. The monoisotopic (exact) mass is 304 g/mol. The van der Waals surface area contributed by atoms with E-state index < -0.39 is 0 Å². The van der Waals surface area contributed by atoms with Crippen molar-refractivity contribution in [3.63, 3.8) is 0 Å². The minimum absolute atomic E-state index is 0.531. The molecule has 0 bridgehead atoms. The lowest BCUT2D eigenvalue weighted by Crippen LogP contribution is -2.18. The van der Waals surface area contributed by atoms with Crippen LogP contribution in [0.1, 0.15) is 11.4 Å². The Balaban J connectivity index is 1.75. The number of nitrogens with zero attached hydrogens (tertiary/aromatic N) is 4. The van der Waals surface area contributed by atoms with Crippen molar-refractivity contribution < 1.29 is 0 Å². The van der Waals surface area contributed by atoms with Gasteiger partial charge in [0, 0.05) is 24.3 Å². The molecule has 0 saturated carbocycles. The lowest BCUT2D eigenvalue weighted by Gasteiger charge is -2.15. The molecule has 0 fully saturated rings. The lowest BCUT2D eigenvalue weighted by molar-refractivity contribution is 0.311. The van der Waals surface area contributed by atoms with Crippen LogP contribution >= 0.6 is 22.9 Å². The minimum Gasteiger partial charge on any atom is -0.295 e. The molecule has 3 heterocycles. The summed E-state index contributed by atoms with van der Waals surface area (Å²) in [7, 11) is 2.04. The van der Waals surface area contributed by atoms with E-state index in [1.165, 1.54) is 5.56 Å². The fourth-order valence-electron chi connectivity index (χ4n) is 2.03. The molecule has 20 heavy (non-hydrogen) atoms. The molecular weight excluding hydrogens is 292 g/mol. The van der Waals surface area contributed by atoms with E-state index in [4.69, 9.17) is 11.6 Å². The first-order valence-electron chi connectivity index (χ1n) is 6.19. The molecule has 0 aliphatic rings. The van der Waals surface area contributed by atoms with Crippen LogP contribution in [0.3, 0.4) is 0 Å². The number of rotatable bonds is 4. The van der Waals surface area contributed by atoms with E-state index in [9.17, 15) is 0 Å².